The van der Waals surface area contributed by atoms with Gasteiger partial charge in [-0.1, -0.05) is 34.1 Å². The second kappa shape index (κ2) is 12.9. The summed E-state index contributed by atoms with van der Waals surface area (Å²) >= 11 is 0. The van der Waals surface area contributed by atoms with Gasteiger partial charge in [-0.05, 0) is 61.8 Å². The van der Waals surface area contributed by atoms with Gasteiger partial charge in [0, 0.05) is 73.2 Å². The lowest BCUT2D eigenvalue weighted by Crippen LogP contribution is -2.38. The van der Waals surface area contributed by atoms with E-state index >= 15 is 0 Å². The minimum atomic E-state index is 0.483. The van der Waals surface area contributed by atoms with Gasteiger partial charge in [-0.3, -0.25) is 9.48 Å². The first-order valence-corrected chi connectivity index (χ1v) is 14.4. The Morgan fingerprint density at radius 1 is 1.03 bits per heavy atom. The van der Waals surface area contributed by atoms with Crippen molar-refractivity contribution in [2.45, 2.75) is 72.3 Å². The van der Waals surface area contributed by atoms with E-state index in [2.05, 4.69) is 58.7 Å². The largest absolute Gasteiger partial charge is 0.357 e. The Hall–Kier alpha value is -3.68. The molecule has 4 aromatic heterocycles. The third-order valence-electron chi connectivity index (χ3n) is 8.16. The molecule has 1 saturated carbocycles. The monoisotopic (exact) mass is 529 g/mol. The number of rotatable bonds is 6. The number of hydrogen-bond acceptors (Lipinski definition) is 5. The molecule has 1 aliphatic carbocycles. The van der Waals surface area contributed by atoms with Crippen molar-refractivity contribution in [1.29, 1.82) is 0 Å². The molecule has 1 aliphatic heterocycles. The lowest BCUT2D eigenvalue weighted by molar-refractivity contribution is -0.110. The highest BCUT2D eigenvalue weighted by Gasteiger charge is 2.28. The number of nitrogens with one attached hydrogen (secondary N) is 1. The van der Waals surface area contributed by atoms with Gasteiger partial charge >= 0.3 is 0 Å². The number of hydrogen-bond donors (Lipinski definition) is 1. The van der Waals surface area contributed by atoms with E-state index < -0.39 is 0 Å². The number of aryl methyl sites for hydroxylation is 1. The van der Waals surface area contributed by atoms with Gasteiger partial charge in [-0.2, -0.15) is 10.2 Å². The van der Waals surface area contributed by atoms with Gasteiger partial charge in [0.2, 0.25) is 6.41 Å². The van der Waals surface area contributed by atoms with E-state index in [4.69, 9.17) is 4.98 Å². The predicted octanol–water partition coefficient (Wildman–Crippen LogP) is 6.12. The highest BCUT2D eigenvalue weighted by Crippen LogP contribution is 2.36. The van der Waals surface area contributed by atoms with Gasteiger partial charge in [-0.15, -0.1) is 0 Å². The lowest BCUT2D eigenvalue weighted by atomic mass is 9.78. The smallest absolute Gasteiger partial charge is 0.207 e. The Labute approximate surface area is 232 Å². The summed E-state index contributed by atoms with van der Waals surface area (Å²) in [4.78, 5) is 16.9. The molecule has 2 aliphatic rings. The van der Waals surface area contributed by atoms with Crippen LogP contribution in [0.1, 0.15) is 66.2 Å². The summed E-state index contributed by atoms with van der Waals surface area (Å²) in [6.07, 6.45) is 17.9. The highest BCUT2D eigenvalue weighted by molar-refractivity contribution is 5.84. The van der Waals surface area contributed by atoms with Crippen LogP contribution in [-0.4, -0.2) is 49.9 Å². The Bertz CT molecular complexity index is 1330. The van der Waals surface area contributed by atoms with Crippen molar-refractivity contribution in [1.82, 2.24) is 29.7 Å². The molecule has 5 heterocycles. The van der Waals surface area contributed by atoms with Crippen LogP contribution in [0.2, 0.25) is 0 Å². The van der Waals surface area contributed by atoms with E-state index in [9.17, 15) is 4.79 Å². The molecular formula is C31H43N7O. The number of piperidine rings is 1. The molecule has 2 fully saturated rings. The van der Waals surface area contributed by atoms with Crippen molar-refractivity contribution >= 4 is 17.7 Å². The molecule has 0 bridgehead atoms. The standard InChI is InChI=1S/C24H28N6.C5H9NO.C2H6/c1-4-24(2)8-11-29(12-9-24)23-6-5-18(14-25-23)21-13-19(20-15-27-28(3)16-20)17-30-22(21)7-10-26-30;7-4-6-5-2-1-3-5;1-2/h5-7,10,13-17H,4,8-9,11-12H2,1-3H3;4-5H,1-3H2,(H,6,7);1-2H3. The van der Waals surface area contributed by atoms with Crippen LogP contribution in [0.25, 0.3) is 27.8 Å². The molecule has 0 radical (unpaired) electrons. The van der Waals surface area contributed by atoms with Crippen LogP contribution in [0, 0.1) is 5.41 Å². The molecule has 8 nitrogen and oxygen atoms in total. The van der Waals surface area contributed by atoms with Crippen LogP contribution in [0.3, 0.4) is 0 Å². The second-order valence-corrected chi connectivity index (χ2v) is 10.7. The fraction of sp³-hybridized carbons (Fsp3) is 0.484. The van der Waals surface area contributed by atoms with Crippen LogP contribution in [0.4, 0.5) is 5.82 Å². The van der Waals surface area contributed by atoms with Crippen molar-refractivity contribution < 1.29 is 4.79 Å². The van der Waals surface area contributed by atoms with Gasteiger partial charge < -0.3 is 10.2 Å². The van der Waals surface area contributed by atoms with Crippen LogP contribution in [-0.2, 0) is 11.8 Å². The second-order valence-electron chi connectivity index (χ2n) is 10.7. The maximum Gasteiger partial charge on any atom is 0.207 e. The normalized spacial score (nSPS) is 16.4. The molecule has 1 N–H and O–H groups in total. The molecule has 208 valence electrons. The number of carbonyl (C=O) groups excluding carboxylic acids is 1. The fourth-order valence-corrected chi connectivity index (χ4v) is 5.02. The number of carbonyl (C=O) groups is 1. The van der Waals surface area contributed by atoms with E-state index in [1.54, 1.807) is 0 Å². The van der Waals surface area contributed by atoms with E-state index in [-0.39, 0.29) is 0 Å². The quantitative estimate of drug-likeness (QED) is 0.304. The summed E-state index contributed by atoms with van der Waals surface area (Å²) in [7, 11) is 1.93. The molecular weight excluding hydrogens is 486 g/mol. The average molecular weight is 530 g/mol. The number of amides is 1. The van der Waals surface area contributed by atoms with Gasteiger partial charge in [0.1, 0.15) is 5.82 Å². The maximum absolute atomic E-state index is 9.70. The number of fused-ring (bicyclic) bond motifs is 1. The zero-order valence-corrected chi connectivity index (χ0v) is 24.1. The minimum Gasteiger partial charge on any atom is -0.357 e. The van der Waals surface area contributed by atoms with Crippen molar-refractivity contribution in [2.24, 2.45) is 12.5 Å². The maximum atomic E-state index is 9.70. The number of anilines is 1. The Kier molecular flexibility index (Phi) is 9.38. The van der Waals surface area contributed by atoms with Crippen molar-refractivity contribution in [3.8, 4) is 22.3 Å². The first-order chi connectivity index (χ1) is 19.0. The van der Waals surface area contributed by atoms with E-state index in [0.29, 0.717) is 11.5 Å². The van der Waals surface area contributed by atoms with E-state index in [0.717, 1.165) is 53.1 Å². The van der Waals surface area contributed by atoms with Crippen LogP contribution < -0.4 is 10.2 Å². The SMILES string of the molecule is CC.CCC1(C)CCN(c2ccc(-c3cc(-c4cnn(C)c4)cn4nccc34)cn2)CC1.O=CNC1CCC1. The summed E-state index contributed by atoms with van der Waals surface area (Å²) in [5.41, 5.74) is 5.96. The minimum absolute atomic E-state index is 0.483. The average Bonchev–Trinajstić information content (AvgIpc) is 3.61. The Balaban J connectivity index is 0.000000338. The fourth-order valence-electron chi connectivity index (χ4n) is 5.02. The summed E-state index contributed by atoms with van der Waals surface area (Å²) in [6.45, 7) is 10.9. The van der Waals surface area contributed by atoms with Crippen LogP contribution in [0.15, 0.2) is 55.2 Å². The topological polar surface area (TPSA) is 80.3 Å². The zero-order chi connectivity index (χ0) is 27.8. The number of nitrogens with zero attached hydrogens (tertiary/aromatic N) is 6. The molecule has 0 unspecified atom stereocenters. The third-order valence-corrected chi connectivity index (χ3v) is 8.16. The molecule has 0 aromatic carbocycles. The first-order valence-electron chi connectivity index (χ1n) is 14.4. The molecule has 1 saturated heterocycles. The molecule has 0 atom stereocenters. The van der Waals surface area contributed by atoms with Gasteiger partial charge in [-0.25, -0.2) is 9.50 Å². The van der Waals surface area contributed by atoms with Crippen molar-refractivity contribution in [3.05, 3.63) is 55.2 Å². The molecule has 8 heteroatoms. The number of aromatic nitrogens is 5. The summed E-state index contributed by atoms with van der Waals surface area (Å²) < 4.78 is 3.75. The highest BCUT2D eigenvalue weighted by atomic mass is 16.1. The molecule has 4 aromatic rings. The van der Waals surface area contributed by atoms with Gasteiger partial charge in [0.15, 0.2) is 0 Å². The first kappa shape index (κ1) is 28.3. The predicted molar refractivity (Wildman–Crippen MR) is 159 cm³/mol. The van der Waals surface area contributed by atoms with Crippen molar-refractivity contribution in [2.75, 3.05) is 18.0 Å². The molecule has 0 spiro atoms. The Morgan fingerprint density at radius 2 is 1.79 bits per heavy atom. The molecule has 39 heavy (non-hydrogen) atoms. The Morgan fingerprint density at radius 3 is 2.33 bits per heavy atom. The summed E-state index contributed by atoms with van der Waals surface area (Å²) in [6, 6.07) is 9.11. The molecule has 1 amide bonds. The van der Waals surface area contributed by atoms with E-state index in [1.807, 2.05) is 60.9 Å². The zero-order valence-electron chi connectivity index (χ0n) is 24.1. The van der Waals surface area contributed by atoms with Crippen LogP contribution in [0.5, 0.6) is 0 Å². The van der Waals surface area contributed by atoms with Gasteiger partial charge in [0.25, 0.3) is 0 Å². The molecule has 6 rings (SSSR count). The van der Waals surface area contributed by atoms with Gasteiger partial charge in [0.05, 0.1) is 11.7 Å². The lowest BCUT2D eigenvalue weighted by Gasteiger charge is -2.39. The van der Waals surface area contributed by atoms with E-state index in [1.165, 1.54) is 38.5 Å². The summed E-state index contributed by atoms with van der Waals surface area (Å²) in [5, 5.41) is 11.5. The third kappa shape index (κ3) is 6.67. The number of pyridine rings is 2. The summed E-state index contributed by atoms with van der Waals surface area (Å²) in [5.74, 6) is 1.07. The van der Waals surface area contributed by atoms with Crippen LogP contribution >= 0.6 is 0 Å². The van der Waals surface area contributed by atoms with Crippen molar-refractivity contribution in [3.63, 3.8) is 0 Å².